The van der Waals surface area contributed by atoms with Gasteiger partial charge in [0.15, 0.2) is 0 Å². The van der Waals surface area contributed by atoms with E-state index in [4.69, 9.17) is 46.4 Å². The molecule has 0 aromatic rings. The second-order valence-electron chi connectivity index (χ2n) is 3.85. The molecule has 3 fully saturated rings. The number of fused-ring (bicyclic) bond motifs is 3. The zero-order valence-electron chi connectivity index (χ0n) is 5.53. The van der Waals surface area contributed by atoms with Crippen LogP contribution in [0.5, 0.6) is 0 Å². The van der Waals surface area contributed by atoms with E-state index in [2.05, 4.69) is 0 Å². The van der Waals surface area contributed by atoms with Gasteiger partial charge in [-0.1, -0.05) is 0 Å². The van der Waals surface area contributed by atoms with E-state index in [1.54, 1.807) is 0 Å². The number of rotatable bonds is 0. The molecule has 4 atom stereocenters. The third-order valence-corrected chi connectivity index (χ3v) is 5.55. The summed E-state index contributed by atoms with van der Waals surface area (Å²) in [7, 11) is 0. The lowest BCUT2D eigenvalue weighted by Crippen LogP contribution is -1.98. The summed E-state index contributed by atoms with van der Waals surface area (Å²) in [5.74, 6) is 1.72. The third kappa shape index (κ3) is 0.678. The molecule has 3 aliphatic rings. The van der Waals surface area contributed by atoms with E-state index in [9.17, 15) is 0 Å². The van der Waals surface area contributed by atoms with Crippen molar-refractivity contribution in [2.45, 2.75) is 15.1 Å². The molecule has 11 heavy (non-hydrogen) atoms. The Labute approximate surface area is 85.1 Å². The van der Waals surface area contributed by atoms with Crippen molar-refractivity contribution < 1.29 is 0 Å². The molecular weight excluding hydrogens is 226 g/mol. The summed E-state index contributed by atoms with van der Waals surface area (Å²) in [5.41, 5.74) is 0. The minimum atomic E-state index is -0.493. The van der Waals surface area contributed by atoms with Crippen LogP contribution in [0.2, 0.25) is 0 Å². The molecule has 0 nitrogen and oxygen atoms in total. The van der Waals surface area contributed by atoms with Gasteiger partial charge in [0, 0.05) is 11.8 Å². The summed E-state index contributed by atoms with van der Waals surface area (Å²) < 4.78 is -0.987. The van der Waals surface area contributed by atoms with Gasteiger partial charge in [-0.3, -0.25) is 0 Å². The predicted octanol–water partition coefficient (Wildman–Crippen LogP) is 3.23. The molecule has 0 aliphatic heterocycles. The zero-order valence-corrected chi connectivity index (χ0v) is 8.55. The van der Waals surface area contributed by atoms with Crippen LogP contribution in [0.1, 0.15) is 6.42 Å². The molecule has 0 amide bonds. The second kappa shape index (κ2) is 1.68. The highest BCUT2D eigenvalue weighted by molar-refractivity contribution is 6.54. The minimum Gasteiger partial charge on any atom is -0.101 e. The van der Waals surface area contributed by atoms with Crippen LogP contribution in [-0.4, -0.2) is 8.67 Å². The molecule has 0 spiro atoms. The number of hydrogen-bond donors (Lipinski definition) is 0. The molecule has 0 bridgehead atoms. The Morgan fingerprint density at radius 1 is 0.818 bits per heavy atom. The van der Waals surface area contributed by atoms with Crippen molar-refractivity contribution >= 4 is 46.4 Å². The number of halogens is 4. The summed E-state index contributed by atoms with van der Waals surface area (Å²) in [6.45, 7) is 0. The minimum absolute atomic E-state index is 0.380. The summed E-state index contributed by atoms with van der Waals surface area (Å²) in [6, 6.07) is 0. The van der Waals surface area contributed by atoms with Gasteiger partial charge in [-0.25, -0.2) is 0 Å². The molecule has 0 heterocycles. The van der Waals surface area contributed by atoms with E-state index in [1.165, 1.54) is 0 Å². The van der Waals surface area contributed by atoms with Gasteiger partial charge in [0.2, 0.25) is 0 Å². The molecule has 62 valence electrons. The number of hydrogen-bond acceptors (Lipinski definition) is 0. The quantitative estimate of drug-likeness (QED) is 0.562. The van der Waals surface area contributed by atoms with Crippen molar-refractivity contribution in [3.05, 3.63) is 0 Å². The van der Waals surface area contributed by atoms with Gasteiger partial charge in [-0.05, 0) is 18.3 Å². The lowest BCUT2D eigenvalue weighted by molar-refractivity contribution is 0.671. The highest BCUT2D eigenvalue weighted by Gasteiger charge is 2.84. The predicted molar refractivity (Wildman–Crippen MR) is 47.5 cm³/mol. The van der Waals surface area contributed by atoms with E-state index in [-0.39, 0.29) is 0 Å². The van der Waals surface area contributed by atoms with Crippen molar-refractivity contribution in [1.82, 2.24) is 0 Å². The molecule has 3 saturated carbocycles. The maximum absolute atomic E-state index is 6.01. The second-order valence-corrected chi connectivity index (χ2v) is 6.74. The van der Waals surface area contributed by atoms with Crippen LogP contribution in [0.3, 0.4) is 0 Å². The van der Waals surface area contributed by atoms with Crippen LogP contribution < -0.4 is 0 Å². The van der Waals surface area contributed by atoms with Crippen molar-refractivity contribution in [2.75, 3.05) is 0 Å². The Kier molecular flexibility index (Phi) is 1.16. The van der Waals surface area contributed by atoms with Crippen LogP contribution in [0.25, 0.3) is 0 Å². The fraction of sp³-hybridized carbons (Fsp3) is 1.00. The molecule has 0 aromatic heterocycles. The van der Waals surface area contributed by atoms with Crippen LogP contribution in [0.15, 0.2) is 0 Å². The van der Waals surface area contributed by atoms with Crippen LogP contribution in [0.4, 0.5) is 0 Å². The van der Waals surface area contributed by atoms with E-state index in [0.29, 0.717) is 23.7 Å². The normalized spacial score (nSPS) is 60.0. The third-order valence-electron chi connectivity index (χ3n) is 3.42. The van der Waals surface area contributed by atoms with Crippen LogP contribution >= 0.6 is 46.4 Å². The fourth-order valence-electron chi connectivity index (χ4n) is 2.69. The Morgan fingerprint density at radius 3 is 1.45 bits per heavy atom. The van der Waals surface area contributed by atoms with Gasteiger partial charge in [-0.15, -0.1) is 46.4 Å². The first-order valence-electron chi connectivity index (χ1n) is 3.73. The van der Waals surface area contributed by atoms with E-state index < -0.39 is 8.67 Å². The van der Waals surface area contributed by atoms with Crippen molar-refractivity contribution in [3.63, 3.8) is 0 Å². The highest BCUT2D eigenvalue weighted by atomic mass is 35.5. The summed E-state index contributed by atoms with van der Waals surface area (Å²) in [4.78, 5) is 0. The monoisotopic (exact) mass is 230 g/mol. The summed E-state index contributed by atoms with van der Waals surface area (Å²) in [5, 5.41) is 0. The van der Waals surface area contributed by atoms with Crippen molar-refractivity contribution in [1.29, 1.82) is 0 Å². The lowest BCUT2D eigenvalue weighted by atomic mass is 10.2. The standard InChI is InChI=1S/C7H6Cl4/c8-6(9)2-1-3-5(4(2)6)7(3,10)11/h2-5H,1H2. The van der Waals surface area contributed by atoms with Gasteiger partial charge in [0.1, 0.15) is 8.67 Å². The maximum atomic E-state index is 6.01. The SMILES string of the molecule is ClC1(Cl)C2CC3C(C21)C3(Cl)Cl. The molecule has 4 heteroatoms. The molecule has 0 radical (unpaired) electrons. The molecule has 0 aromatic carbocycles. The van der Waals surface area contributed by atoms with Crippen molar-refractivity contribution in [3.8, 4) is 0 Å². The largest absolute Gasteiger partial charge is 0.125 e. The average molecular weight is 232 g/mol. The van der Waals surface area contributed by atoms with Gasteiger partial charge >= 0.3 is 0 Å². The van der Waals surface area contributed by atoms with Gasteiger partial charge in [0.25, 0.3) is 0 Å². The van der Waals surface area contributed by atoms with Crippen LogP contribution in [0, 0.1) is 23.7 Å². The Hall–Kier alpha value is 1.16. The smallest absolute Gasteiger partial charge is 0.101 e. The Morgan fingerprint density at radius 2 is 1.18 bits per heavy atom. The van der Waals surface area contributed by atoms with Gasteiger partial charge in [-0.2, -0.15) is 0 Å². The molecule has 0 saturated heterocycles. The maximum Gasteiger partial charge on any atom is 0.125 e. The van der Waals surface area contributed by atoms with E-state index >= 15 is 0 Å². The fourth-order valence-corrected chi connectivity index (χ4v) is 4.49. The van der Waals surface area contributed by atoms with E-state index in [0.717, 1.165) is 6.42 Å². The zero-order chi connectivity index (χ0) is 8.02. The average Bonchev–Trinajstić information content (AvgIpc) is 2.57. The van der Waals surface area contributed by atoms with Gasteiger partial charge < -0.3 is 0 Å². The summed E-state index contributed by atoms with van der Waals surface area (Å²) >= 11 is 24.0. The molecular formula is C7H6Cl4. The van der Waals surface area contributed by atoms with Gasteiger partial charge in [0.05, 0.1) is 0 Å². The van der Waals surface area contributed by atoms with E-state index in [1.807, 2.05) is 0 Å². The topological polar surface area (TPSA) is 0 Å². The van der Waals surface area contributed by atoms with Crippen molar-refractivity contribution in [2.24, 2.45) is 23.7 Å². The first-order valence-corrected chi connectivity index (χ1v) is 5.24. The lowest BCUT2D eigenvalue weighted by Gasteiger charge is -1.98. The highest BCUT2D eigenvalue weighted by Crippen LogP contribution is 2.84. The van der Waals surface area contributed by atoms with Crippen LogP contribution in [-0.2, 0) is 0 Å². The Balaban J connectivity index is 1.90. The molecule has 0 N–H and O–H groups in total. The number of alkyl halides is 4. The molecule has 4 unspecified atom stereocenters. The summed E-state index contributed by atoms with van der Waals surface area (Å²) in [6.07, 6.45) is 1.02. The molecule has 3 aliphatic carbocycles. The molecule has 3 rings (SSSR count). The first kappa shape index (κ1) is 7.55. The first-order chi connectivity index (χ1) is 4.97. The Bertz CT molecular complexity index is 211.